The van der Waals surface area contributed by atoms with Gasteiger partial charge in [0.2, 0.25) is 0 Å². The van der Waals surface area contributed by atoms with Gasteiger partial charge in [0.1, 0.15) is 23.4 Å². The van der Waals surface area contributed by atoms with Gasteiger partial charge in [-0.3, -0.25) is 4.90 Å². The summed E-state index contributed by atoms with van der Waals surface area (Å²) in [5, 5.41) is 40.3. The van der Waals surface area contributed by atoms with Gasteiger partial charge in [-0.15, -0.1) is 0 Å². The molecule has 8 bridgehead atoms. The fraction of sp³-hybridized carbons (Fsp3) is 0.797. The smallest absolute Gasteiger partial charge is 0.165 e. The van der Waals surface area contributed by atoms with Crippen LogP contribution in [0.15, 0.2) is 24.3 Å². The van der Waals surface area contributed by atoms with Crippen molar-refractivity contribution in [2.24, 2.45) is 45.3 Å². The van der Waals surface area contributed by atoms with E-state index in [1.165, 1.54) is 59.8 Å². The third kappa shape index (κ3) is 5.90. The van der Waals surface area contributed by atoms with Crippen LogP contribution in [0.3, 0.4) is 0 Å². The average Bonchev–Trinajstić information content (AvgIpc) is 4.26. The summed E-state index contributed by atoms with van der Waals surface area (Å²) in [7, 11) is 5.40. The standard InChI is InChI=1S/C29H41NO4.C26H37NO4.C4H7Br/c1-25(2,3)26(4,32)20-15-27-10-11-29(20,33-5)24-28(27)12-13-30(16-17-6-7-17)21(27)14-18-8-9-19(31)23(34-24)22(18)28;1-22(2,3)23(4,28)17-14-24-9-10-26(17,30-6)21-25(24)11-12-27-18(24)13-15-7-8-16(29-5)20(31-21)19(15)25;5-3-4-1-2-4/h8-9,17,20-21,24,31-32H,6-7,10-16H2,1-5H3;7-8,17-18,21,27-28H,9-14H2,1-6H3;4H,1-3H2/t20-,21-,24-,26-,27?,28+,29+;17-,18-,21-,23-,24?,25+,26+;/m11./s1. The zero-order valence-corrected chi connectivity index (χ0v) is 46.0. The van der Waals surface area contributed by atoms with Gasteiger partial charge in [0.25, 0.3) is 0 Å². The molecule has 14 aliphatic rings. The molecule has 386 valence electrons. The first-order valence-corrected chi connectivity index (χ1v) is 28.6. The van der Waals surface area contributed by atoms with Crippen LogP contribution in [0.25, 0.3) is 0 Å². The lowest BCUT2D eigenvalue weighted by Crippen LogP contribution is -2.83. The summed E-state index contributed by atoms with van der Waals surface area (Å²) in [6.45, 7) is 20.3. The number of phenolic OH excluding ortho intramolecular Hbond substituents is 1. The second-order valence-electron chi connectivity index (χ2n) is 27.4. The quantitative estimate of drug-likeness (QED) is 0.190. The largest absolute Gasteiger partial charge is 0.504 e. The predicted octanol–water partition coefficient (Wildman–Crippen LogP) is 9.80. The third-order valence-electron chi connectivity index (χ3n) is 23.4. The second-order valence-corrected chi connectivity index (χ2v) is 28.1. The molecular weight excluding hydrogens is 945 g/mol. The van der Waals surface area contributed by atoms with Gasteiger partial charge in [-0.25, -0.2) is 0 Å². The summed E-state index contributed by atoms with van der Waals surface area (Å²) in [5.41, 5.74) is 1.91. The van der Waals surface area contributed by atoms with Crippen LogP contribution in [0, 0.1) is 45.3 Å². The van der Waals surface area contributed by atoms with Crippen molar-refractivity contribution < 1.29 is 39.0 Å². The van der Waals surface area contributed by atoms with Crippen molar-refractivity contribution in [1.29, 1.82) is 0 Å². The highest BCUT2D eigenvalue weighted by atomic mass is 79.9. The molecule has 10 aliphatic carbocycles. The normalized spacial score (nSPS) is 42.4. The van der Waals surface area contributed by atoms with Gasteiger partial charge in [0, 0.05) is 82.8 Å². The van der Waals surface area contributed by atoms with Crippen LogP contribution in [-0.2, 0) is 33.1 Å². The Labute approximate surface area is 427 Å². The van der Waals surface area contributed by atoms with E-state index in [9.17, 15) is 15.3 Å². The summed E-state index contributed by atoms with van der Waals surface area (Å²) < 4.78 is 32.7. The zero-order chi connectivity index (χ0) is 49.6. The number of aliphatic hydroxyl groups is 2. The highest BCUT2D eigenvalue weighted by molar-refractivity contribution is 9.09. The van der Waals surface area contributed by atoms with Crippen LogP contribution >= 0.6 is 15.9 Å². The molecule has 11 heteroatoms. The van der Waals surface area contributed by atoms with Crippen molar-refractivity contribution in [1.82, 2.24) is 10.2 Å². The van der Waals surface area contributed by atoms with Crippen LogP contribution in [0.5, 0.6) is 23.0 Å². The fourth-order valence-corrected chi connectivity index (χ4v) is 19.2. The minimum atomic E-state index is -0.909. The molecule has 4 N–H and O–H groups in total. The molecule has 2 aromatic carbocycles. The van der Waals surface area contributed by atoms with Gasteiger partial charge in [-0.1, -0.05) is 69.6 Å². The van der Waals surface area contributed by atoms with Gasteiger partial charge >= 0.3 is 0 Å². The monoisotopic (exact) mass is 1030 g/mol. The number of alkyl halides is 1. The summed E-state index contributed by atoms with van der Waals surface area (Å²) in [5.74, 6) is 4.63. The summed E-state index contributed by atoms with van der Waals surface area (Å²) in [6, 6.07) is 9.19. The van der Waals surface area contributed by atoms with E-state index < -0.39 is 22.4 Å². The Morgan fingerprint density at radius 3 is 1.79 bits per heavy atom. The molecule has 10 nitrogen and oxygen atoms in total. The first kappa shape index (κ1) is 48.8. The zero-order valence-electron chi connectivity index (χ0n) is 44.4. The Balaban J connectivity index is 0.000000132. The Morgan fingerprint density at radius 1 is 0.686 bits per heavy atom. The molecule has 4 heterocycles. The van der Waals surface area contributed by atoms with E-state index in [1.807, 2.05) is 34.1 Å². The van der Waals surface area contributed by atoms with Gasteiger partial charge in [-0.05, 0) is 163 Å². The molecule has 4 spiro atoms. The Bertz CT molecular complexity index is 2440. The van der Waals surface area contributed by atoms with Gasteiger partial charge < -0.3 is 44.3 Å². The van der Waals surface area contributed by atoms with Crippen molar-refractivity contribution >= 4 is 15.9 Å². The van der Waals surface area contributed by atoms with Crippen molar-refractivity contribution in [3.05, 3.63) is 46.5 Å². The number of benzene rings is 2. The number of phenols is 1. The van der Waals surface area contributed by atoms with Crippen LogP contribution in [0.1, 0.15) is 155 Å². The number of aromatic hydroxyl groups is 1. The number of fused-ring (bicyclic) bond motifs is 4. The molecule has 0 radical (unpaired) electrons. The first-order valence-electron chi connectivity index (χ1n) is 27.5. The molecule has 2 saturated heterocycles. The van der Waals surface area contributed by atoms with Crippen LogP contribution in [0.2, 0.25) is 0 Å². The summed E-state index contributed by atoms with van der Waals surface area (Å²) >= 11 is 3.38. The van der Waals surface area contributed by atoms with Crippen LogP contribution in [-0.4, -0.2) is 113 Å². The molecule has 10 fully saturated rings. The maximum Gasteiger partial charge on any atom is 0.165 e. The number of halogens is 1. The Hall–Kier alpha value is -2.12. The number of ether oxygens (including phenoxy) is 5. The lowest BCUT2D eigenvalue weighted by molar-refractivity contribution is -0.312. The third-order valence-corrected chi connectivity index (χ3v) is 24.3. The first-order chi connectivity index (χ1) is 33.0. The number of hydrogen-bond donors (Lipinski definition) is 4. The van der Waals surface area contributed by atoms with E-state index in [0.29, 0.717) is 17.8 Å². The van der Waals surface area contributed by atoms with Crippen molar-refractivity contribution in [2.75, 3.05) is 46.3 Å². The van der Waals surface area contributed by atoms with Crippen LogP contribution in [0.4, 0.5) is 0 Å². The number of nitrogens with one attached hydrogen (secondary N) is 1. The van der Waals surface area contributed by atoms with E-state index in [0.717, 1.165) is 101 Å². The minimum absolute atomic E-state index is 0.00105. The number of likely N-dealkylation sites (tertiary alicyclic amines) is 1. The van der Waals surface area contributed by atoms with E-state index in [2.05, 4.69) is 85.9 Å². The van der Waals surface area contributed by atoms with Crippen molar-refractivity contribution in [3.63, 3.8) is 0 Å². The second kappa shape index (κ2) is 15.5. The molecule has 70 heavy (non-hydrogen) atoms. The van der Waals surface area contributed by atoms with Crippen LogP contribution < -0.4 is 19.5 Å². The number of rotatable bonds is 8. The molecule has 14 atom stereocenters. The van der Waals surface area contributed by atoms with Gasteiger partial charge in [0.15, 0.2) is 23.0 Å². The van der Waals surface area contributed by atoms with E-state index >= 15 is 0 Å². The fourth-order valence-electron chi connectivity index (χ4n) is 18.5. The lowest BCUT2D eigenvalue weighted by Gasteiger charge is -2.75. The lowest BCUT2D eigenvalue weighted by atomic mass is 9.33. The maximum absolute atomic E-state index is 12.2. The molecule has 0 aromatic heterocycles. The van der Waals surface area contributed by atoms with Crippen molar-refractivity contribution in [2.45, 2.75) is 203 Å². The molecule has 2 unspecified atom stereocenters. The molecule has 4 aliphatic heterocycles. The summed E-state index contributed by atoms with van der Waals surface area (Å²) in [4.78, 5) is 2.82. The molecular formula is C59H85BrN2O8. The molecule has 16 rings (SSSR count). The van der Waals surface area contributed by atoms with E-state index in [-0.39, 0.29) is 62.3 Å². The van der Waals surface area contributed by atoms with Gasteiger partial charge in [0.05, 0.1) is 18.3 Å². The molecule has 8 saturated carbocycles. The minimum Gasteiger partial charge on any atom is -0.504 e. The number of methoxy groups -OCH3 is 3. The Kier molecular flexibility index (Phi) is 10.8. The SMILES string of the molecule is BrCC1CC1.CO[C@@]12CCC3(C[C@@H]1[C@@](C)(O)C(C)(C)C)[C@H]1Cc4ccc(O)c5c4[C@@]3(CCN1CC1CC1)[C@H]2O5.COc1ccc2c3c1O[C@H]1[C@]4(OC)CCC5(C[C@@H]4[C@@](C)(O)C(C)(C)C)[C@@H](C2)NCC[C@]315. The highest BCUT2D eigenvalue weighted by Crippen LogP contribution is 2.79. The number of hydrogen-bond acceptors (Lipinski definition) is 10. The Morgan fingerprint density at radius 2 is 1.23 bits per heavy atom. The average molecular weight is 1030 g/mol. The maximum atomic E-state index is 12.2. The molecule has 2 aromatic rings. The molecule has 0 amide bonds. The predicted molar refractivity (Wildman–Crippen MR) is 276 cm³/mol. The van der Waals surface area contributed by atoms with Gasteiger partial charge in [-0.2, -0.15) is 0 Å². The van der Waals surface area contributed by atoms with E-state index in [1.54, 1.807) is 7.11 Å². The number of nitrogens with zero attached hydrogens (tertiary/aromatic N) is 1. The number of piperidine rings is 2. The van der Waals surface area contributed by atoms with Crippen molar-refractivity contribution in [3.8, 4) is 23.0 Å². The van der Waals surface area contributed by atoms with E-state index in [4.69, 9.17) is 23.7 Å². The highest BCUT2D eigenvalue weighted by Gasteiger charge is 2.84. The summed E-state index contributed by atoms with van der Waals surface area (Å²) in [6.07, 6.45) is 15.6. The topological polar surface area (TPSA) is 122 Å².